The molecule has 1 saturated heterocycles. The summed E-state index contributed by atoms with van der Waals surface area (Å²) in [4.78, 5) is 40.4. The summed E-state index contributed by atoms with van der Waals surface area (Å²) in [7, 11) is 1.58. The van der Waals surface area contributed by atoms with Gasteiger partial charge in [0.05, 0.1) is 24.3 Å². The molecule has 204 valence electrons. The van der Waals surface area contributed by atoms with E-state index >= 15 is 0 Å². The number of nitrogens with zero attached hydrogens (tertiary/aromatic N) is 1. The first-order chi connectivity index (χ1) is 17.1. The third-order valence-electron chi connectivity index (χ3n) is 6.28. The number of hydrogen-bond donors (Lipinski definition) is 2. The Labute approximate surface area is 223 Å². The summed E-state index contributed by atoms with van der Waals surface area (Å²) in [5.74, 6) is 0.156. The molecular formula is C27H38ClN3O6. The quantitative estimate of drug-likeness (QED) is 0.557. The van der Waals surface area contributed by atoms with Crippen LogP contribution in [0.25, 0.3) is 5.03 Å². The van der Waals surface area contributed by atoms with E-state index in [2.05, 4.69) is 10.6 Å². The van der Waals surface area contributed by atoms with Crippen LogP contribution in [0.2, 0.25) is 0 Å². The van der Waals surface area contributed by atoms with Gasteiger partial charge in [0.25, 0.3) is 0 Å². The van der Waals surface area contributed by atoms with E-state index in [-0.39, 0.29) is 18.2 Å². The van der Waals surface area contributed by atoms with Crippen LogP contribution in [0.1, 0.15) is 72.2 Å². The van der Waals surface area contributed by atoms with E-state index in [0.29, 0.717) is 17.2 Å². The summed E-state index contributed by atoms with van der Waals surface area (Å²) in [6, 6.07) is 3.97. The molecule has 37 heavy (non-hydrogen) atoms. The van der Waals surface area contributed by atoms with E-state index < -0.39 is 41.5 Å². The highest BCUT2D eigenvalue weighted by molar-refractivity contribution is 6.49. The van der Waals surface area contributed by atoms with Crippen LogP contribution in [-0.4, -0.2) is 60.1 Å². The Morgan fingerprint density at radius 2 is 1.84 bits per heavy atom. The Kier molecular flexibility index (Phi) is 8.49. The lowest BCUT2D eigenvalue weighted by atomic mass is 9.85. The van der Waals surface area contributed by atoms with Crippen LogP contribution in [-0.2, 0) is 19.1 Å². The fraction of sp³-hybridized carbons (Fsp3) is 0.593. The van der Waals surface area contributed by atoms with Crippen LogP contribution in [0, 0.1) is 5.41 Å². The molecule has 0 aromatic heterocycles. The van der Waals surface area contributed by atoms with E-state index in [4.69, 9.17) is 25.8 Å². The van der Waals surface area contributed by atoms with Crippen molar-refractivity contribution in [1.29, 1.82) is 0 Å². The maximum atomic E-state index is 13.8. The Morgan fingerprint density at radius 1 is 1.16 bits per heavy atom. The minimum atomic E-state index is -0.900. The normalized spacial score (nSPS) is 22.4. The zero-order valence-electron chi connectivity index (χ0n) is 22.8. The summed E-state index contributed by atoms with van der Waals surface area (Å²) in [5.41, 5.74) is 0.272. The van der Waals surface area contributed by atoms with Crippen molar-refractivity contribution in [2.45, 2.75) is 84.9 Å². The predicted octanol–water partition coefficient (Wildman–Crippen LogP) is 4.35. The SMILES string of the molecule is COc1ccc2c(c1)C(O[C@@H]1C[C@@H](C(C)=O)N(C(=O)[C@@H](NC(=O)OC(C)(C)C)C(C)(C)C)C1)NC=C2Cl. The molecule has 1 fully saturated rings. The molecule has 3 rings (SSSR count). The van der Waals surface area contributed by atoms with Crippen molar-refractivity contribution in [3.63, 3.8) is 0 Å². The number of likely N-dealkylation sites (tertiary alicyclic amines) is 1. The van der Waals surface area contributed by atoms with Gasteiger partial charge in [-0.1, -0.05) is 32.4 Å². The number of fused-ring (bicyclic) bond motifs is 1. The highest BCUT2D eigenvalue weighted by Gasteiger charge is 2.45. The standard InChI is InChI=1S/C27H38ClN3O6/c1-15(32)21-12-17(36-23-19-11-16(35-8)9-10-18(19)20(28)13-29-23)14-31(21)24(33)22(26(2,3)4)30-25(34)37-27(5,6)7/h9-11,13,17,21-23,29H,12,14H2,1-8H3,(H,30,34)/t17-,21+,22-,23?/m1/s1. The highest BCUT2D eigenvalue weighted by atomic mass is 35.5. The zero-order valence-corrected chi connectivity index (χ0v) is 23.6. The van der Waals surface area contributed by atoms with Gasteiger partial charge in [0.15, 0.2) is 12.0 Å². The number of nitrogens with one attached hydrogen (secondary N) is 2. The lowest BCUT2D eigenvalue weighted by Crippen LogP contribution is -2.57. The van der Waals surface area contributed by atoms with Crippen molar-refractivity contribution in [1.82, 2.24) is 15.5 Å². The monoisotopic (exact) mass is 535 g/mol. The van der Waals surface area contributed by atoms with Crippen LogP contribution in [0.15, 0.2) is 24.4 Å². The number of methoxy groups -OCH3 is 1. The third-order valence-corrected chi connectivity index (χ3v) is 6.59. The molecule has 0 bridgehead atoms. The topological polar surface area (TPSA) is 106 Å². The fourth-order valence-corrected chi connectivity index (χ4v) is 4.72. The van der Waals surface area contributed by atoms with Crippen molar-refractivity contribution < 1.29 is 28.6 Å². The van der Waals surface area contributed by atoms with Gasteiger partial charge < -0.3 is 29.7 Å². The van der Waals surface area contributed by atoms with Crippen molar-refractivity contribution in [2.75, 3.05) is 13.7 Å². The lowest BCUT2D eigenvalue weighted by molar-refractivity contribution is -0.141. The Morgan fingerprint density at radius 3 is 2.41 bits per heavy atom. The molecule has 2 N–H and O–H groups in total. The molecule has 2 aliphatic heterocycles. The number of carbonyl (C=O) groups is 3. The van der Waals surface area contributed by atoms with Crippen LogP contribution in [0.4, 0.5) is 4.79 Å². The minimum Gasteiger partial charge on any atom is -0.497 e. The summed E-state index contributed by atoms with van der Waals surface area (Å²) in [6.07, 6.45) is 0.342. The Balaban J connectivity index is 1.81. The maximum Gasteiger partial charge on any atom is 0.408 e. The van der Waals surface area contributed by atoms with Crippen LogP contribution < -0.4 is 15.4 Å². The Bertz CT molecular complexity index is 1070. The van der Waals surface area contributed by atoms with Gasteiger partial charge in [-0.05, 0) is 51.3 Å². The number of ketones is 1. The number of hydrogen-bond acceptors (Lipinski definition) is 7. The predicted molar refractivity (Wildman–Crippen MR) is 141 cm³/mol. The van der Waals surface area contributed by atoms with E-state index in [1.165, 1.54) is 11.8 Å². The third kappa shape index (κ3) is 6.96. The van der Waals surface area contributed by atoms with Gasteiger partial charge in [0.1, 0.15) is 17.4 Å². The first-order valence-corrected chi connectivity index (χ1v) is 12.7. The minimum absolute atomic E-state index is 0.147. The summed E-state index contributed by atoms with van der Waals surface area (Å²) >= 11 is 6.37. The number of amides is 2. The number of halogens is 1. The number of ether oxygens (including phenoxy) is 3. The summed E-state index contributed by atoms with van der Waals surface area (Å²) in [6.45, 7) is 12.5. The van der Waals surface area contributed by atoms with Crippen LogP contribution in [0.5, 0.6) is 5.75 Å². The lowest BCUT2D eigenvalue weighted by Gasteiger charge is -2.35. The molecule has 0 saturated carbocycles. The van der Waals surface area contributed by atoms with Crippen molar-refractivity contribution in [3.05, 3.63) is 35.5 Å². The van der Waals surface area contributed by atoms with Gasteiger partial charge >= 0.3 is 6.09 Å². The zero-order chi connectivity index (χ0) is 27.7. The molecule has 10 heteroatoms. The smallest absolute Gasteiger partial charge is 0.408 e. The maximum absolute atomic E-state index is 13.8. The molecule has 9 nitrogen and oxygen atoms in total. The number of carbonyl (C=O) groups excluding carboxylic acids is 3. The van der Waals surface area contributed by atoms with E-state index in [1.54, 1.807) is 34.1 Å². The van der Waals surface area contributed by atoms with Crippen molar-refractivity contribution >= 4 is 34.4 Å². The molecule has 1 aromatic rings. The molecular weight excluding hydrogens is 498 g/mol. The van der Waals surface area contributed by atoms with Gasteiger partial charge in [-0.25, -0.2) is 4.79 Å². The fourth-order valence-electron chi connectivity index (χ4n) is 4.49. The second kappa shape index (κ2) is 10.9. The molecule has 2 aliphatic rings. The molecule has 1 aromatic carbocycles. The molecule has 0 spiro atoms. The summed E-state index contributed by atoms with van der Waals surface area (Å²) < 4.78 is 17.1. The van der Waals surface area contributed by atoms with Crippen molar-refractivity contribution in [3.8, 4) is 5.75 Å². The number of benzene rings is 1. The second-order valence-corrected chi connectivity index (χ2v) is 12.0. The second-order valence-electron chi connectivity index (χ2n) is 11.5. The van der Waals surface area contributed by atoms with Crippen LogP contribution in [0.3, 0.4) is 0 Å². The highest BCUT2D eigenvalue weighted by Crippen LogP contribution is 2.37. The van der Waals surface area contributed by atoms with E-state index in [0.717, 1.165) is 11.1 Å². The molecule has 0 aliphatic carbocycles. The molecule has 1 unspecified atom stereocenters. The average Bonchev–Trinajstić information content (AvgIpc) is 3.21. The van der Waals surface area contributed by atoms with Gasteiger partial charge in [0.2, 0.25) is 5.91 Å². The van der Waals surface area contributed by atoms with Crippen molar-refractivity contribution in [2.24, 2.45) is 5.41 Å². The van der Waals surface area contributed by atoms with Gasteiger partial charge in [-0.15, -0.1) is 0 Å². The molecule has 0 radical (unpaired) electrons. The number of rotatable bonds is 6. The molecule has 2 heterocycles. The van der Waals surface area contributed by atoms with Crippen LogP contribution >= 0.6 is 11.6 Å². The molecule has 4 atom stereocenters. The first kappa shape index (κ1) is 28.8. The van der Waals surface area contributed by atoms with E-state index in [1.807, 2.05) is 39.0 Å². The first-order valence-electron chi connectivity index (χ1n) is 12.4. The average molecular weight is 536 g/mol. The Hall–Kier alpha value is -2.78. The molecule has 2 amide bonds. The largest absolute Gasteiger partial charge is 0.497 e. The van der Waals surface area contributed by atoms with Gasteiger partial charge in [0, 0.05) is 30.3 Å². The number of Topliss-reactive ketones (excluding diaryl/α,β-unsaturated/α-hetero) is 1. The van der Waals surface area contributed by atoms with E-state index in [9.17, 15) is 14.4 Å². The van der Waals surface area contributed by atoms with Gasteiger partial charge in [-0.3, -0.25) is 9.59 Å². The van der Waals surface area contributed by atoms with Gasteiger partial charge in [-0.2, -0.15) is 0 Å². The summed E-state index contributed by atoms with van der Waals surface area (Å²) in [5, 5.41) is 6.42. The number of alkyl carbamates (subject to hydrolysis) is 1.